The molecular weight excluding hydrogens is 344 g/mol. The van der Waals surface area contributed by atoms with E-state index in [2.05, 4.69) is 12.1 Å². The summed E-state index contributed by atoms with van der Waals surface area (Å²) in [5.41, 5.74) is 1.96. The van der Waals surface area contributed by atoms with Gasteiger partial charge in [-0.25, -0.2) is 4.98 Å². The van der Waals surface area contributed by atoms with Crippen LogP contribution in [0.25, 0.3) is 10.2 Å². The minimum absolute atomic E-state index is 0.136. The summed E-state index contributed by atoms with van der Waals surface area (Å²) >= 11 is 1.56. The van der Waals surface area contributed by atoms with Crippen molar-refractivity contribution in [2.75, 3.05) is 11.5 Å². The molecule has 1 aromatic heterocycles. The van der Waals surface area contributed by atoms with Gasteiger partial charge in [0.2, 0.25) is 5.91 Å². The number of carbonyl (C=O) groups is 1. The average Bonchev–Trinajstić information content (AvgIpc) is 3.04. The Kier molecular flexibility index (Phi) is 4.89. The predicted octanol–water partition coefficient (Wildman–Crippen LogP) is 5.03. The van der Waals surface area contributed by atoms with Gasteiger partial charge in [-0.1, -0.05) is 54.2 Å². The number of fused-ring (bicyclic) bond motifs is 1. The summed E-state index contributed by atoms with van der Waals surface area (Å²) in [6.45, 7) is 3.12. The number of rotatable bonds is 6. The van der Waals surface area contributed by atoms with Crippen molar-refractivity contribution < 1.29 is 9.53 Å². The lowest BCUT2D eigenvalue weighted by molar-refractivity contribution is -0.124. The van der Waals surface area contributed by atoms with E-state index in [1.165, 1.54) is 0 Å². The molecule has 3 aromatic rings. The Morgan fingerprint density at radius 1 is 1.19 bits per heavy atom. The molecule has 0 spiro atoms. The van der Waals surface area contributed by atoms with Crippen LogP contribution in [0.3, 0.4) is 0 Å². The monoisotopic (exact) mass is 366 g/mol. The second-order valence-corrected chi connectivity index (χ2v) is 7.58. The van der Waals surface area contributed by atoms with Gasteiger partial charge in [0.05, 0.1) is 17.9 Å². The van der Waals surface area contributed by atoms with E-state index in [0.717, 1.165) is 45.9 Å². The van der Waals surface area contributed by atoms with Crippen LogP contribution in [0.2, 0.25) is 0 Å². The SMILES string of the molecule is CCOc1cccc2sc(N(Cc3ccccc3)C(=O)C3CCC3)nc12. The first-order chi connectivity index (χ1) is 12.8. The molecule has 4 rings (SSSR count). The third kappa shape index (κ3) is 3.31. The van der Waals surface area contributed by atoms with Crippen molar-refractivity contribution in [2.45, 2.75) is 32.7 Å². The summed E-state index contributed by atoms with van der Waals surface area (Å²) in [6.07, 6.45) is 3.11. The fourth-order valence-electron chi connectivity index (χ4n) is 3.18. The molecule has 2 aromatic carbocycles. The molecule has 1 aliphatic rings. The van der Waals surface area contributed by atoms with E-state index in [0.29, 0.717) is 13.2 Å². The highest BCUT2D eigenvalue weighted by Crippen LogP contribution is 2.37. The van der Waals surface area contributed by atoms with Gasteiger partial charge in [0, 0.05) is 5.92 Å². The van der Waals surface area contributed by atoms with Gasteiger partial charge in [0.15, 0.2) is 5.13 Å². The van der Waals surface area contributed by atoms with Gasteiger partial charge in [0.1, 0.15) is 11.3 Å². The van der Waals surface area contributed by atoms with Gasteiger partial charge in [-0.15, -0.1) is 0 Å². The fraction of sp³-hybridized carbons (Fsp3) is 0.333. The molecule has 1 amide bonds. The Balaban J connectivity index is 1.71. The molecular formula is C21H22N2O2S. The molecule has 0 atom stereocenters. The second kappa shape index (κ2) is 7.46. The van der Waals surface area contributed by atoms with Gasteiger partial charge in [-0.05, 0) is 37.5 Å². The first-order valence-electron chi connectivity index (χ1n) is 9.14. The number of hydrogen-bond donors (Lipinski definition) is 0. The van der Waals surface area contributed by atoms with Crippen LogP contribution in [0.5, 0.6) is 5.75 Å². The summed E-state index contributed by atoms with van der Waals surface area (Å²) in [7, 11) is 0. The highest BCUT2D eigenvalue weighted by atomic mass is 32.1. The molecule has 26 heavy (non-hydrogen) atoms. The molecule has 0 N–H and O–H groups in total. The first-order valence-corrected chi connectivity index (χ1v) is 9.95. The van der Waals surface area contributed by atoms with Crippen LogP contribution in [0, 0.1) is 5.92 Å². The van der Waals surface area contributed by atoms with Crippen molar-refractivity contribution in [3.05, 3.63) is 54.1 Å². The third-order valence-electron chi connectivity index (χ3n) is 4.81. The number of benzene rings is 2. The third-order valence-corrected chi connectivity index (χ3v) is 5.85. The molecule has 0 radical (unpaired) electrons. The number of para-hydroxylation sites is 1. The Bertz CT molecular complexity index is 903. The number of anilines is 1. The summed E-state index contributed by atoms with van der Waals surface area (Å²) in [4.78, 5) is 19.7. The number of aromatic nitrogens is 1. The average molecular weight is 366 g/mol. The van der Waals surface area contributed by atoms with Crippen molar-refractivity contribution in [3.8, 4) is 5.75 Å². The molecule has 4 nitrogen and oxygen atoms in total. The van der Waals surface area contributed by atoms with Crippen LogP contribution in [-0.4, -0.2) is 17.5 Å². The standard InChI is InChI=1S/C21H22N2O2S/c1-2-25-17-12-7-13-18-19(17)22-21(26-18)23(20(24)16-10-6-11-16)14-15-8-4-3-5-9-15/h3-5,7-9,12-13,16H,2,6,10-11,14H2,1H3. The molecule has 0 saturated heterocycles. The van der Waals surface area contributed by atoms with Crippen LogP contribution >= 0.6 is 11.3 Å². The topological polar surface area (TPSA) is 42.4 Å². The number of carbonyl (C=O) groups excluding carboxylic acids is 1. The molecule has 0 bridgehead atoms. The van der Waals surface area contributed by atoms with E-state index in [4.69, 9.17) is 9.72 Å². The smallest absolute Gasteiger partial charge is 0.232 e. The van der Waals surface area contributed by atoms with Crippen molar-refractivity contribution in [3.63, 3.8) is 0 Å². The van der Waals surface area contributed by atoms with Crippen molar-refractivity contribution in [1.29, 1.82) is 0 Å². The highest BCUT2D eigenvalue weighted by Gasteiger charge is 2.32. The lowest BCUT2D eigenvalue weighted by Crippen LogP contribution is -2.38. The van der Waals surface area contributed by atoms with Crippen LogP contribution in [0.4, 0.5) is 5.13 Å². The molecule has 1 saturated carbocycles. The molecule has 1 heterocycles. The Morgan fingerprint density at radius 3 is 2.69 bits per heavy atom. The van der Waals surface area contributed by atoms with Gasteiger partial charge in [-0.3, -0.25) is 9.69 Å². The van der Waals surface area contributed by atoms with Crippen molar-refractivity contribution in [1.82, 2.24) is 4.98 Å². The lowest BCUT2D eigenvalue weighted by atomic mass is 9.84. The Morgan fingerprint density at radius 2 is 2.00 bits per heavy atom. The molecule has 1 fully saturated rings. The first kappa shape index (κ1) is 17.0. The minimum atomic E-state index is 0.136. The summed E-state index contributed by atoms with van der Waals surface area (Å²) in [5.74, 6) is 1.11. The molecule has 0 aliphatic heterocycles. The van der Waals surface area contributed by atoms with E-state index in [-0.39, 0.29) is 11.8 Å². The lowest BCUT2D eigenvalue weighted by Gasteiger charge is -2.30. The van der Waals surface area contributed by atoms with Crippen LogP contribution in [0.1, 0.15) is 31.7 Å². The molecule has 5 heteroatoms. The van der Waals surface area contributed by atoms with Crippen LogP contribution in [0.15, 0.2) is 48.5 Å². The Hall–Kier alpha value is -2.40. The van der Waals surface area contributed by atoms with Gasteiger partial charge < -0.3 is 4.74 Å². The van der Waals surface area contributed by atoms with E-state index < -0.39 is 0 Å². The zero-order chi connectivity index (χ0) is 17.9. The largest absolute Gasteiger partial charge is 0.492 e. The maximum atomic E-state index is 13.1. The number of ether oxygens (including phenoxy) is 1. The number of thiazole rings is 1. The van der Waals surface area contributed by atoms with Crippen molar-refractivity contribution in [2.24, 2.45) is 5.92 Å². The fourth-order valence-corrected chi connectivity index (χ4v) is 4.17. The number of amides is 1. The molecule has 134 valence electrons. The van der Waals surface area contributed by atoms with Crippen LogP contribution in [-0.2, 0) is 11.3 Å². The normalized spacial score (nSPS) is 14.2. The van der Waals surface area contributed by atoms with E-state index in [1.54, 1.807) is 11.3 Å². The quantitative estimate of drug-likeness (QED) is 0.614. The van der Waals surface area contributed by atoms with Gasteiger partial charge >= 0.3 is 0 Å². The highest BCUT2D eigenvalue weighted by molar-refractivity contribution is 7.22. The van der Waals surface area contributed by atoms with Gasteiger partial charge in [-0.2, -0.15) is 0 Å². The molecule has 0 unspecified atom stereocenters. The van der Waals surface area contributed by atoms with Gasteiger partial charge in [0.25, 0.3) is 0 Å². The Labute approximate surface area is 157 Å². The minimum Gasteiger partial charge on any atom is -0.492 e. The summed E-state index contributed by atoms with van der Waals surface area (Å²) in [5, 5.41) is 0.757. The number of nitrogens with zero attached hydrogens (tertiary/aromatic N) is 2. The maximum absolute atomic E-state index is 13.1. The summed E-state index contributed by atoms with van der Waals surface area (Å²) in [6, 6.07) is 16.1. The van der Waals surface area contributed by atoms with E-state index in [9.17, 15) is 4.79 Å². The zero-order valence-electron chi connectivity index (χ0n) is 14.9. The summed E-state index contributed by atoms with van der Waals surface area (Å²) < 4.78 is 6.76. The maximum Gasteiger partial charge on any atom is 0.232 e. The second-order valence-electron chi connectivity index (χ2n) is 6.57. The zero-order valence-corrected chi connectivity index (χ0v) is 15.7. The predicted molar refractivity (Wildman–Crippen MR) is 106 cm³/mol. The number of hydrogen-bond acceptors (Lipinski definition) is 4. The van der Waals surface area contributed by atoms with E-state index in [1.807, 2.05) is 48.2 Å². The molecule has 1 aliphatic carbocycles. The van der Waals surface area contributed by atoms with E-state index >= 15 is 0 Å². The van der Waals surface area contributed by atoms with Crippen LogP contribution < -0.4 is 9.64 Å². The van der Waals surface area contributed by atoms with Crippen molar-refractivity contribution >= 4 is 32.6 Å².